The smallest absolute Gasteiger partial charge is 0.255 e. The fraction of sp³-hybridized carbons (Fsp3) is 0.263. The van der Waals surface area contributed by atoms with E-state index in [1.165, 1.54) is 49.4 Å². The number of alkyl halides is 3. The van der Waals surface area contributed by atoms with Crippen LogP contribution in [0.25, 0.3) is 5.57 Å². The van der Waals surface area contributed by atoms with Crippen LogP contribution in [-0.2, 0) is 19.9 Å². The number of sulfonamides is 1. The van der Waals surface area contributed by atoms with Crippen LogP contribution in [0, 0.1) is 0 Å². The molecule has 5 nitrogen and oxygen atoms in total. The lowest BCUT2D eigenvalue weighted by Crippen LogP contribution is -2.34. The lowest BCUT2D eigenvalue weighted by atomic mass is 10.1. The predicted octanol–water partition coefficient (Wildman–Crippen LogP) is 4.20. The van der Waals surface area contributed by atoms with Crippen molar-refractivity contribution < 1.29 is 30.0 Å². The van der Waals surface area contributed by atoms with Crippen molar-refractivity contribution in [3.8, 4) is 0 Å². The summed E-state index contributed by atoms with van der Waals surface area (Å²) in [4.78, 5) is -0.255. The number of nitrogens with zero attached hydrogens (tertiary/aromatic N) is 1. The zero-order valence-electron chi connectivity index (χ0n) is 15.3. The Labute approximate surface area is 167 Å². The molecule has 0 radical (unpaired) electrons. The SMILES string of the molecule is CC1=C(N(CCCC(F)(F)F)S(=O)(=O)c2ccccc2)S(=O)(=O)c2ccccc21. The van der Waals surface area contributed by atoms with Crippen molar-refractivity contribution in [1.29, 1.82) is 0 Å². The van der Waals surface area contributed by atoms with Crippen molar-refractivity contribution in [2.75, 3.05) is 6.54 Å². The normalized spacial score (nSPS) is 16.0. The summed E-state index contributed by atoms with van der Waals surface area (Å²) in [5.74, 6) is 0. The van der Waals surface area contributed by atoms with Crippen molar-refractivity contribution in [3.05, 3.63) is 65.2 Å². The van der Waals surface area contributed by atoms with E-state index in [9.17, 15) is 30.0 Å². The molecule has 0 unspecified atom stereocenters. The second kappa shape index (κ2) is 7.49. The molecule has 1 aliphatic rings. The van der Waals surface area contributed by atoms with Crippen LogP contribution in [0.3, 0.4) is 0 Å². The largest absolute Gasteiger partial charge is 0.389 e. The molecular weight excluding hydrogens is 427 g/mol. The van der Waals surface area contributed by atoms with Crippen LogP contribution in [0.1, 0.15) is 25.3 Å². The Morgan fingerprint density at radius 2 is 1.55 bits per heavy atom. The molecule has 0 bridgehead atoms. The van der Waals surface area contributed by atoms with Crippen LogP contribution >= 0.6 is 0 Å². The number of hydrogen-bond donors (Lipinski definition) is 0. The average molecular weight is 445 g/mol. The van der Waals surface area contributed by atoms with Crippen LogP contribution in [0.2, 0.25) is 0 Å². The summed E-state index contributed by atoms with van der Waals surface area (Å²) in [5, 5.41) is -0.496. The van der Waals surface area contributed by atoms with Crippen LogP contribution < -0.4 is 0 Å². The summed E-state index contributed by atoms with van der Waals surface area (Å²) in [6, 6.07) is 13.1. The molecule has 0 N–H and O–H groups in total. The number of hydrogen-bond acceptors (Lipinski definition) is 4. The quantitative estimate of drug-likeness (QED) is 0.668. The maximum Gasteiger partial charge on any atom is 0.389 e. The van der Waals surface area contributed by atoms with E-state index < -0.39 is 50.5 Å². The maximum atomic E-state index is 13.2. The van der Waals surface area contributed by atoms with Gasteiger partial charge in [0.25, 0.3) is 10.0 Å². The van der Waals surface area contributed by atoms with E-state index in [0.29, 0.717) is 9.87 Å². The minimum atomic E-state index is -4.48. The van der Waals surface area contributed by atoms with E-state index in [4.69, 9.17) is 0 Å². The first-order valence-corrected chi connectivity index (χ1v) is 11.6. The van der Waals surface area contributed by atoms with Crippen molar-refractivity contribution >= 4 is 25.4 Å². The maximum absolute atomic E-state index is 13.2. The van der Waals surface area contributed by atoms with E-state index in [-0.39, 0.29) is 15.4 Å². The number of allylic oxidation sites excluding steroid dienone is 1. The molecule has 0 atom stereocenters. The van der Waals surface area contributed by atoms with Gasteiger partial charge in [0.2, 0.25) is 9.84 Å². The molecular formula is C19H18F3NO4S2. The van der Waals surface area contributed by atoms with Crippen molar-refractivity contribution in [1.82, 2.24) is 4.31 Å². The van der Waals surface area contributed by atoms with Crippen molar-refractivity contribution in [2.24, 2.45) is 0 Å². The van der Waals surface area contributed by atoms with Gasteiger partial charge in [0.05, 0.1) is 9.79 Å². The lowest BCUT2D eigenvalue weighted by Gasteiger charge is -2.26. The lowest BCUT2D eigenvalue weighted by molar-refractivity contribution is -0.135. The molecule has 2 aromatic rings. The zero-order valence-corrected chi connectivity index (χ0v) is 17.0. The standard InChI is InChI=1S/C19H18F3NO4S2/c1-14-16-10-5-6-11-17(16)28(24,25)18(14)23(13-7-12-19(20,21)22)29(26,27)15-8-3-2-4-9-15/h2-6,8-11H,7,12-13H2,1H3. The minimum Gasteiger partial charge on any atom is -0.255 e. The van der Waals surface area contributed by atoms with Gasteiger partial charge < -0.3 is 0 Å². The molecule has 3 rings (SSSR count). The summed E-state index contributed by atoms with van der Waals surface area (Å²) in [6.45, 7) is 0.840. The Morgan fingerprint density at radius 3 is 2.14 bits per heavy atom. The Bertz CT molecular complexity index is 1160. The molecule has 1 heterocycles. The third kappa shape index (κ3) is 4.04. The van der Waals surface area contributed by atoms with Crippen LogP contribution in [0.15, 0.2) is 69.4 Å². The molecule has 0 saturated carbocycles. The number of benzene rings is 2. The topological polar surface area (TPSA) is 71.5 Å². The van der Waals surface area contributed by atoms with Gasteiger partial charge in [-0.2, -0.15) is 13.2 Å². The monoisotopic (exact) mass is 445 g/mol. The van der Waals surface area contributed by atoms with Crippen LogP contribution in [0.4, 0.5) is 13.2 Å². The Balaban J connectivity index is 2.13. The zero-order chi connectivity index (χ0) is 21.4. The second-order valence-electron chi connectivity index (χ2n) is 6.54. The molecule has 10 heteroatoms. The average Bonchev–Trinajstić information content (AvgIpc) is 2.85. The Hall–Kier alpha value is -2.33. The number of rotatable bonds is 6. The van der Waals surface area contributed by atoms with E-state index in [2.05, 4.69) is 0 Å². The summed E-state index contributed by atoms with van der Waals surface area (Å²) in [6.07, 6.45) is -6.28. The first-order chi connectivity index (χ1) is 13.5. The van der Waals surface area contributed by atoms with Gasteiger partial charge in [-0.3, -0.25) is 4.31 Å². The number of fused-ring (bicyclic) bond motifs is 1. The highest BCUT2D eigenvalue weighted by Crippen LogP contribution is 2.42. The third-order valence-electron chi connectivity index (χ3n) is 4.54. The van der Waals surface area contributed by atoms with Crippen molar-refractivity contribution in [2.45, 2.75) is 35.7 Å². The van der Waals surface area contributed by atoms with Crippen LogP contribution in [-0.4, -0.2) is 33.9 Å². The Morgan fingerprint density at radius 1 is 0.966 bits per heavy atom. The molecule has 0 spiro atoms. The molecule has 1 aliphatic heterocycles. The van der Waals surface area contributed by atoms with Crippen LogP contribution in [0.5, 0.6) is 0 Å². The minimum absolute atomic E-state index is 0.0587. The fourth-order valence-electron chi connectivity index (χ4n) is 3.23. The molecule has 0 aliphatic carbocycles. The predicted molar refractivity (Wildman–Crippen MR) is 102 cm³/mol. The highest BCUT2D eigenvalue weighted by molar-refractivity contribution is 7.97. The summed E-state index contributed by atoms with van der Waals surface area (Å²) < 4.78 is 91.1. The summed E-state index contributed by atoms with van der Waals surface area (Å²) >= 11 is 0. The van der Waals surface area contributed by atoms with Gasteiger partial charge in [0.1, 0.15) is 0 Å². The summed E-state index contributed by atoms with van der Waals surface area (Å²) in [5.41, 5.74) is 0.527. The first kappa shape index (κ1) is 21.4. The van der Waals surface area contributed by atoms with Gasteiger partial charge in [-0.25, -0.2) is 16.8 Å². The van der Waals surface area contributed by atoms with Gasteiger partial charge in [0, 0.05) is 13.0 Å². The van der Waals surface area contributed by atoms with Gasteiger partial charge >= 0.3 is 6.18 Å². The first-order valence-electron chi connectivity index (χ1n) is 8.66. The third-order valence-corrected chi connectivity index (χ3v) is 8.43. The molecule has 29 heavy (non-hydrogen) atoms. The van der Waals surface area contributed by atoms with E-state index >= 15 is 0 Å². The fourth-order valence-corrected chi connectivity index (χ4v) is 7.14. The Kier molecular flexibility index (Phi) is 5.52. The molecule has 0 saturated heterocycles. The van der Waals surface area contributed by atoms with Gasteiger partial charge in [-0.1, -0.05) is 36.4 Å². The van der Waals surface area contributed by atoms with Gasteiger partial charge in [0.15, 0.2) is 5.03 Å². The highest BCUT2D eigenvalue weighted by Gasteiger charge is 2.42. The molecule has 156 valence electrons. The van der Waals surface area contributed by atoms with E-state index in [0.717, 1.165) is 0 Å². The molecule has 2 aromatic carbocycles. The van der Waals surface area contributed by atoms with E-state index in [1.807, 2.05) is 0 Å². The molecule has 0 aromatic heterocycles. The van der Waals surface area contributed by atoms with E-state index in [1.54, 1.807) is 12.1 Å². The molecule has 0 amide bonds. The molecule has 0 fully saturated rings. The van der Waals surface area contributed by atoms with Crippen molar-refractivity contribution in [3.63, 3.8) is 0 Å². The highest BCUT2D eigenvalue weighted by atomic mass is 32.2. The number of halogens is 3. The second-order valence-corrected chi connectivity index (χ2v) is 10.2. The van der Waals surface area contributed by atoms with Gasteiger partial charge in [-0.05, 0) is 42.7 Å². The van der Waals surface area contributed by atoms with Gasteiger partial charge in [-0.15, -0.1) is 0 Å². The number of sulfone groups is 1. The summed E-state index contributed by atoms with van der Waals surface area (Å²) in [7, 11) is -8.60.